The molecule has 1 atom stereocenters. The average molecular weight is 397 g/mol. The molecule has 6 nitrogen and oxygen atoms in total. The fourth-order valence-electron chi connectivity index (χ4n) is 3.46. The molecule has 1 aliphatic carbocycles. The van der Waals surface area contributed by atoms with Crippen LogP contribution >= 0.6 is 20.1 Å². The molecule has 1 N–H and O–H groups in total. The van der Waals surface area contributed by atoms with Crippen molar-refractivity contribution in [1.29, 1.82) is 0 Å². The van der Waals surface area contributed by atoms with Gasteiger partial charge in [-0.2, -0.15) is 5.10 Å². The lowest BCUT2D eigenvalue weighted by Gasteiger charge is -2.26. The van der Waals surface area contributed by atoms with Gasteiger partial charge in [0.25, 0.3) is 5.91 Å². The molecule has 5 rings (SSSR count). The Labute approximate surface area is 163 Å². The van der Waals surface area contributed by atoms with Crippen molar-refractivity contribution in [3.05, 3.63) is 47.1 Å². The topological polar surface area (TPSA) is 64.2 Å². The summed E-state index contributed by atoms with van der Waals surface area (Å²) in [7, 11) is 3.01. The molecule has 4 heterocycles. The third-order valence-electron chi connectivity index (χ3n) is 5.26. The third kappa shape index (κ3) is 3.19. The predicted molar refractivity (Wildman–Crippen MR) is 109 cm³/mol. The lowest BCUT2D eigenvalue weighted by Crippen LogP contribution is -2.39. The number of rotatable bonds is 4. The Morgan fingerprint density at radius 2 is 2.15 bits per heavy atom. The number of thioether (sulfide) groups is 1. The fraction of sp³-hybridized carbons (Fsp3) is 0.368. The van der Waals surface area contributed by atoms with Crippen molar-refractivity contribution in [2.24, 2.45) is 7.05 Å². The molecule has 1 saturated carbocycles. The van der Waals surface area contributed by atoms with Crippen molar-refractivity contribution in [2.75, 3.05) is 5.75 Å². The Morgan fingerprint density at radius 3 is 2.89 bits per heavy atom. The molecule has 0 aromatic carbocycles. The minimum absolute atomic E-state index is 0.0936. The highest BCUT2D eigenvalue weighted by atomic mass is 32.2. The van der Waals surface area contributed by atoms with Gasteiger partial charge in [0, 0.05) is 68.4 Å². The smallest absolute Gasteiger partial charge is 0.257 e. The summed E-state index contributed by atoms with van der Waals surface area (Å²) >= 11 is 1.66. The van der Waals surface area contributed by atoms with Gasteiger partial charge in [-0.05, 0) is 25.1 Å². The number of aryl methyl sites for hydroxylation is 1. The Balaban J connectivity index is 1.39. The molecule has 0 spiro atoms. The van der Waals surface area contributed by atoms with Gasteiger partial charge in [0.15, 0.2) is 0 Å². The lowest BCUT2D eigenvalue weighted by molar-refractivity contribution is -0.118. The molecular weight excluding hydrogens is 377 g/mol. The van der Waals surface area contributed by atoms with E-state index in [2.05, 4.69) is 32.6 Å². The average Bonchev–Trinajstić information content (AvgIpc) is 3.35. The van der Waals surface area contributed by atoms with Crippen LogP contribution in [0.5, 0.6) is 0 Å². The van der Waals surface area contributed by atoms with E-state index in [0.29, 0.717) is 6.04 Å². The predicted octanol–water partition coefficient (Wildman–Crippen LogP) is 3.70. The highest BCUT2D eigenvalue weighted by Gasteiger charge is 2.27. The molecule has 1 aliphatic heterocycles. The maximum atomic E-state index is 12.4. The van der Waals surface area contributed by atoms with Crippen molar-refractivity contribution >= 4 is 31.7 Å². The number of carbonyl (C=O) groups is 1. The van der Waals surface area contributed by atoms with Gasteiger partial charge >= 0.3 is 0 Å². The summed E-state index contributed by atoms with van der Waals surface area (Å²) in [5.41, 5.74) is 4.33. The normalized spacial score (nSPS) is 20.2. The van der Waals surface area contributed by atoms with E-state index >= 15 is 0 Å². The van der Waals surface area contributed by atoms with E-state index in [-0.39, 0.29) is 11.8 Å². The number of fused-ring (bicyclic) bond motifs is 1. The Morgan fingerprint density at radius 1 is 1.30 bits per heavy atom. The molecular formula is C19H20N5OPS. The summed E-state index contributed by atoms with van der Waals surface area (Å²) < 4.78 is 3.95. The summed E-state index contributed by atoms with van der Waals surface area (Å²) in [6.45, 7) is 0. The van der Waals surface area contributed by atoms with Crippen LogP contribution in [0.3, 0.4) is 0 Å². The molecule has 138 valence electrons. The van der Waals surface area contributed by atoms with Gasteiger partial charge in [-0.1, -0.05) is 6.08 Å². The number of aromatic nitrogens is 4. The van der Waals surface area contributed by atoms with Gasteiger partial charge in [0.05, 0.1) is 11.1 Å². The highest BCUT2D eigenvalue weighted by Crippen LogP contribution is 2.39. The number of hydrogen-bond donors (Lipinski definition) is 1. The summed E-state index contributed by atoms with van der Waals surface area (Å²) in [5.74, 6) is 3.45. The fourth-order valence-corrected chi connectivity index (χ4v) is 5.57. The first kappa shape index (κ1) is 17.0. The summed E-state index contributed by atoms with van der Waals surface area (Å²) in [4.78, 5) is 18.0. The largest absolute Gasteiger partial charge is 0.349 e. The molecule has 27 heavy (non-hydrogen) atoms. The molecule has 2 aliphatic rings. The van der Waals surface area contributed by atoms with E-state index in [1.54, 1.807) is 16.4 Å². The van der Waals surface area contributed by atoms with Crippen molar-refractivity contribution in [1.82, 2.24) is 24.2 Å². The quantitative estimate of drug-likeness (QED) is 0.729. The molecule has 0 bridgehead atoms. The van der Waals surface area contributed by atoms with Crippen LogP contribution in [0.2, 0.25) is 0 Å². The number of nitrogens with zero attached hydrogens (tertiary/aromatic N) is 4. The first-order valence-electron chi connectivity index (χ1n) is 9.15. The van der Waals surface area contributed by atoms with Gasteiger partial charge in [0.2, 0.25) is 0 Å². The highest BCUT2D eigenvalue weighted by molar-refractivity contribution is 8.04. The minimum atomic E-state index is 0.0936. The van der Waals surface area contributed by atoms with E-state index in [1.165, 1.54) is 12.0 Å². The first-order chi connectivity index (χ1) is 13.2. The Hall–Kier alpha value is -2.11. The second-order valence-corrected chi connectivity index (χ2v) is 9.15. The number of hydrogen-bond acceptors (Lipinski definition) is 4. The third-order valence-corrected chi connectivity index (χ3v) is 7.36. The number of carbonyl (C=O) groups excluding carboxylic acids is 1. The van der Waals surface area contributed by atoms with Crippen LogP contribution < -0.4 is 5.32 Å². The van der Waals surface area contributed by atoms with Crippen LogP contribution in [-0.2, 0) is 11.8 Å². The minimum Gasteiger partial charge on any atom is -0.349 e. The summed E-state index contributed by atoms with van der Waals surface area (Å²) in [5, 5.41) is 7.37. The maximum absolute atomic E-state index is 12.4. The van der Waals surface area contributed by atoms with E-state index in [9.17, 15) is 4.79 Å². The molecule has 3 aromatic heterocycles. The van der Waals surface area contributed by atoms with Crippen molar-refractivity contribution in [2.45, 2.75) is 31.2 Å². The lowest BCUT2D eigenvalue weighted by atomic mass is 9.93. The first-order valence-corrected chi connectivity index (χ1v) is 11.1. The molecule has 1 fully saturated rings. The van der Waals surface area contributed by atoms with Crippen LogP contribution in [0.4, 0.5) is 0 Å². The monoisotopic (exact) mass is 397 g/mol. The SMILES string of the molecule is Cn1cc(-c2cnc3c(C4C=C(C(=O)NC5CCC5)SC4)cpn3c2)cn1. The van der Waals surface area contributed by atoms with E-state index in [0.717, 1.165) is 48.6 Å². The Bertz CT molecular complexity index is 1050. The van der Waals surface area contributed by atoms with Gasteiger partial charge in [-0.15, -0.1) is 11.8 Å². The van der Waals surface area contributed by atoms with Crippen molar-refractivity contribution in [3.63, 3.8) is 0 Å². The van der Waals surface area contributed by atoms with Crippen LogP contribution in [0, 0.1) is 0 Å². The second-order valence-electron chi connectivity index (χ2n) is 7.16. The van der Waals surface area contributed by atoms with Gasteiger partial charge in [-0.3, -0.25) is 13.6 Å². The Kier molecular flexibility index (Phi) is 4.29. The molecule has 3 aromatic rings. The van der Waals surface area contributed by atoms with Crippen molar-refractivity contribution in [3.8, 4) is 11.1 Å². The van der Waals surface area contributed by atoms with E-state index in [1.807, 2.05) is 25.6 Å². The van der Waals surface area contributed by atoms with E-state index in [4.69, 9.17) is 4.98 Å². The zero-order valence-corrected chi connectivity index (χ0v) is 16.7. The molecule has 0 radical (unpaired) electrons. The second kappa shape index (κ2) is 6.80. The van der Waals surface area contributed by atoms with Gasteiger partial charge < -0.3 is 5.32 Å². The summed E-state index contributed by atoms with van der Waals surface area (Å²) in [6, 6.07) is 0.381. The van der Waals surface area contributed by atoms with Crippen LogP contribution in [0.15, 0.2) is 41.6 Å². The van der Waals surface area contributed by atoms with Crippen LogP contribution in [0.25, 0.3) is 16.8 Å². The van der Waals surface area contributed by atoms with Gasteiger partial charge in [0.1, 0.15) is 5.65 Å². The molecule has 0 saturated heterocycles. The molecule has 1 unspecified atom stereocenters. The molecule has 1 amide bonds. The standard InChI is InChI=1S/C19H20N5OPS/c1-23-8-14(7-21-23)13-6-20-18-16(10-26-24(18)9-13)12-5-17(27-11-12)19(25)22-15-3-2-4-15/h5-10,12,15H,2-4,11H2,1H3,(H,22,25). The number of nitrogens with one attached hydrogen (secondary N) is 1. The zero-order valence-electron chi connectivity index (χ0n) is 15.0. The van der Waals surface area contributed by atoms with Crippen LogP contribution in [0.1, 0.15) is 30.7 Å². The zero-order chi connectivity index (χ0) is 18.4. The maximum Gasteiger partial charge on any atom is 0.257 e. The molecule has 8 heteroatoms. The van der Waals surface area contributed by atoms with Crippen molar-refractivity contribution < 1.29 is 4.79 Å². The van der Waals surface area contributed by atoms with E-state index < -0.39 is 0 Å². The summed E-state index contributed by atoms with van der Waals surface area (Å²) in [6.07, 6.45) is 13.5. The van der Waals surface area contributed by atoms with Crippen LogP contribution in [-0.4, -0.2) is 36.6 Å². The number of amides is 1. The van der Waals surface area contributed by atoms with Gasteiger partial charge in [-0.25, -0.2) is 4.98 Å². The number of allylic oxidation sites excluding steroid dienone is 1.